The van der Waals surface area contributed by atoms with Crippen molar-refractivity contribution in [3.63, 3.8) is 0 Å². The average Bonchev–Trinajstić information content (AvgIpc) is 2.53. The first-order valence-electron chi connectivity index (χ1n) is 7.19. The van der Waals surface area contributed by atoms with Gasteiger partial charge in [-0.05, 0) is 36.4 Å². The standard InChI is InChI=1S/C17H15Cl2FN2O3/c1-10(23)22(2)15-5-4-12(20)8-14(15)21-17(24)9-25-16-6-3-11(18)7-13(16)19/h3-8H,9H2,1-2H3,(H,21,24). The fourth-order valence-corrected chi connectivity index (χ4v) is 2.46. The van der Waals surface area contributed by atoms with Crippen LogP contribution in [0.3, 0.4) is 0 Å². The molecule has 0 bridgehead atoms. The van der Waals surface area contributed by atoms with E-state index in [-0.39, 0.29) is 23.2 Å². The van der Waals surface area contributed by atoms with Gasteiger partial charge in [-0.2, -0.15) is 0 Å². The Morgan fingerprint density at radius 2 is 1.92 bits per heavy atom. The summed E-state index contributed by atoms with van der Waals surface area (Å²) in [6.45, 7) is 1.02. The van der Waals surface area contributed by atoms with E-state index in [4.69, 9.17) is 27.9 Å². The lowest BCUT2D eigenvalue weighted by atomic mass is 10.2. The van der Waals surface area contributed by atoms with Gasteiger partial charge in [-0.15, -0.1) is 0 Å². The van der Waals surface area contributed by atoms with Crippen LogP contribution in [0, 0.1) is 5.82 Å². The number of ether oxygens (including phenoxy) is 1. The van der Waals surface area contributed by atoms with Gasteiger partial charge in [0.05, 0.1) is 16.4 Å². The van der Waals surface area contributed by atoms with E-state index < -0.39 is 11.7 Å². The molecular weight excluding hydrogens is 370 g/mol. The van der Waals surface area contributed by atoms with Gasteiger partial charge in [-0.1, -0.05) is 23.2 Å². The van der Waals surface area contributed by atoms with Crippen LogP contribution in [0.4, 0.5) is 15.8 Å². The van der Waals surface area contributed by atoms with Crippen LogP contribution < -0.4 is 15.0 Å². The molecule has 2 rings (SSSR count). The van der Waals surface area contributed by atoms with Gasteiger partial charge in [0.2, 0.25) is 5.91 Å². The molecule has 0 aliphatic carbocycles. The van der Waals surface area contributed by atoms with Crippen molar-refractivity contribution >= 4 is 46.4 Å². The molecule has 1 N–H and O–H groups in total. The molecule has 0 aliphatic rings. The molecule has 0 heterocycles. The van der Waals surface area contributed by atoms with Crippen molar-refractivity contribution in [1.29, 1.82) is 0 Å². The highest BCUT2D eigenvalue weighted by Gasteiger charge is 2.15. The number of carbonyl (C=O) groups excluding carboxylic acids is 2. The van der Waals surface area contributed by atoms with Crippen molar-refractivity contribution in [3.8, 4) is 5.75 Å². The number of anilines is 2. The number of rotatable bonds is 5. The van der Waals surface area contributed by atoms with Crippen LogP contribution in [0.5, 0.6) is 5.75 Å². The quantitative estimate of drug-likeness (QED) is 0.842. The molecule has 2 amide bonds. The summed E-state index contributed by atoms with van der Waals surface area (Å²) in [5.41, 5.74) is 0.528. The van der Waals surface area contributed by atoms with Crippen molar-refractivity contribution in [1.82, 2.24) is 0 Å². The number of hydrogen-bond acceptors (Lipinski definition) is 3. The molecule has 0 aliphatic heterocycles. The first kappa shape index (κ1) is 19.0. The van der Waals surface area contributed by atoms with E-state index in [0.717, 1.165) is 6.07 Å². The van der Waals surface area contributed by atoms with Gasteiger partial charge in [0.1, 0.15) is 11.6 Å². The maximum atomic E-state index is 13.5. The second-order valence-corrected chi connectivity index (χ2v) is 5.99. The van der Waals surface area contributed by atoms with Crippen LogP contribution in [0.1, 0.15) is 6.92 Å². The van der Waals surface area contributed by atoms with E-state index in [9.17, 15) is 14.0 Å². The van der Waals surface area contributed by atoms with Crippen molar-refractivity contribution in [3.05, 3.63) is 52.3 Å². The first-order valence-corrected chi connectivity index (χ1v) is 7.95. The van der Waals surface area contributed by atoms with Gasteiger partial charge < -0.3 is 15.0 Å². The van der Waals surface area contributed by atoms with Gasteiger partial charge in [-0.25, -0.2) is 4.39 Å². The molecule has 8 heteroatoms. The lowest BCUT2D eigenvalue weighted by molar-refractivity contribution is -0.118. The van der Waals surface area contributed by atoms with Crippen molar-refractivity contribution in [2.45, 2.75) is 6.92 Å². The Morgan fingerprint density at radius 3 is 2.56 bits per heavy atom. The topological polar surface area (TPSA) is 58.6 Å². The third kappa shape index (κ3) is 5.08. The summed E-state index contributed by atoms with van der Waals surface area (Å²) in [5, 5.41) is 3.23. The molecule has 0 spiro atoms. The summed E-state index contributed by atoms with van der Waals surface area (Å²) in [6.07, 6.45) is 0. The van der Waals surface area contributed by atoms with Gasteiger partial charge in [0.25, 0.3) is 5.91 Å². The lowest BCUT2D eigenvalue weighted by Gasteiger charge is -2.19. The van der Waals surface area contributed by atoms with Crippen LogP contribution >= 0.6 is 23.2 Å². The second-order valence-electron chi connectivity index (χ2n) is 5.15. The summed E-state index contributed by atoms with van der Waals surface area (Å²) in [4.78, 5) is 24.9. The molecule has 25 heavy (non-hydrogen) atoms. The molecule has 0 radical (unpaired) electrons. The first-order chi connectivity index (χ1) is 11.8. The predicted octanol–water partition coefficient (Wildman–Crippen LogP) is 4.13. The van der Waals surface area contributed by atoms with Crippen LogP contribution in [0.15, 0.2) is 36.4 Å². The highest BCUT2D eigenvalue weighted by Crippen LogP contribution is 2.28. The third-order valence-electron chi connectivity index (χ3n) is 3.32. The van der Waals surface area contributed by atoms with E-state index in [0.29, 0.717) is 16.5 Å². The van der Waals surface area contributed by atoms with E-state index in [1.807, 2.05) is 0 Å². The van der Waals surface area contributed by atoms with Gasteiger partial charge >= 0.3 is 0 Å². The summed E-state index contributed by atoms with van der Waals surface area (Å²) in [5.74, 6) is -1.04. The Kier molecular flexibility index (Phi) is 6.22. The molecule has 5 nitrogen and oxygen atoms in total. The Balaban J connectivity index is 2.09. The minimum Gasteiger partial charge on any atom is -0.482 e. The van der Waals surface area contributed by atoms with Crippen LogP contribution in [-0.4, -0.2) is 25.5 Å². The number of halogens is 3. The van der Waals surface area contributed by atoms with E-state index in [2.05, 4.69) is 5.32 Å². The second kappa shape index (κ2) is 8.18. The van der Waals surface area contributed by atoms with Crippen LogP contribution in [-0.2, 0) is 9.59 Å². The molecule has 132 valence electrons. The molecule has 2 aromatic rings. The van der Waals surface area contributed by atoms with Crippen LogP contribution in [0.2, 0.25) is 10.0 Å². The molecule has 0 aromatic heterocycles. The largest absolute Gasteiger partial charge is 0.482 e. The predicted molar refractivity (Wildman–Crippen MR) is 96.1 cm³/mol. The summed E-state index contributed by atoms with van der Waals surface area (Å²) >= 11 is 11.7. The maximum Gasteiger partial charge on any atom is 0.262 e. The maximum absolute atomic E-state index is 13.5. The zero-order valence-electron chi connectivity index (χ0n) is 13.5. The number of hydrogen-bond donors (Lipinski definition) is 1. The Labute approximate surface area is 154 Å². The highest BCUT2D eigenvalue weighted by molar-refractivity contribution is 6.35. The van der Waals surface area contributed by atoms with Crippen molar-refractivity contribution < 1.29 is 18.7 Å². The molecule has 2 aromatic carbocycles. The summed E-state index contributed by atoms with van der Waals surface area (Å²) in [7, 11) is 1.52. The number of benzene rings is 2. The van der Waals surface area contributed by atoms with Crippen LogP contribution in [0.25, 0.3) is 0 Å². The number of nitrogens with one attached hydrogen (secondary N) is 1. The smallest absolute Gasteiger partial charge is 0.262 e. The Morgan fingerprint density at radius 1 is 1.20 bits per heavy atom. The van der Waals surface area contributed by atoms with Crippen molar-refractivity contribution in [2.24, 2.45) is 0 Å². The fourth-order valence-electron chi connectivity index (χ4n) is 1.99. The fraction of sp³-hybridized carbons (Fsp3) is 0.176. The van der Waals surface area contributed by atoms with Crippen molar-refractivity contribution in [2.75, 3.05) is 23.9 Å². The molecule has 0 saturated carbocycles. The minimum atomic E-state index is -0.544. The number of nitrogens with zero attached hydrogens (tertiary/aromatic N) is 1. The van der Waals surface area contributed by atoms with Gasteiger partial charge in [0, 0.05) is 19.0 Å². The molecule has 0 unspecified atom stereocenters. The zero-order valence-corrected chi connectivity index (χ0v) is 15.0. The summed E-state index contributed by atoms with van der Waals surface area (Å²) in [6, 6.07) is 8.34. The molecule has 0 fully saturated rings. The normalized spacial score (nSPS) is 10.3. The van der Waals surface area contributed by atoms with E-state index in [1.165, 1.54) is 43.1 Å². The zero-order chi connectivity index (χ0) is 18.6. The number of carbonyl (C=O) groups is 2. The minimum absolute atomic E-state index is 0.161. The van der Waals surface area contributed by atoms with Gasteiger partial charge in [-0.3, -0.25) is 9.59 Å². The average molecular weight is 385 g/mol. The number of amides is 2. The lowest BCUT2D eigenvalue weighted by Crippen LogP contribution is -2.26. The Bertz CT molecular complexity index is 814. The monoisotopic (exact) mass is 384 g/mol. The molecular formula is C17H15Cl2FN2O3. The highest BCUT2D eigenvalue weighted by atomic mass is 35.5. The molecule has 0 saturated heterocycles. The molecule has 0 atom stereocenters. The Hall–Kier alpha value is -2.31. The van der Waals surface area contributed by atoms with Gasteiger partial charge in [0.15, 0.2) is 6.61 Å². The third-order valence-corrected chi connectivity index (χ3v) is 3.85. The SMILES string of the molecule is CC(=O)N(C)c1ccc(F)cc1NC(=O)COc1ccc(Cl)cc1Cl. The van der Waals surface area contributed by atoms with E-state index >= 15 is 0 Å². The van der Waals surface area contributed by atoms with E-state index in [1.54, 1.807) is 6.07 Å². The summed E-state index contributed by atoms with van der Waals surface area (Å²) < 4.78 is 18.8.